The van der Waals surface area contributed by atoms with Crippen molar-refractivity contribution in [1.82, 2.24) is 0 Å². The van der Waals surface area contributed by atoms with Gasteiger partial charge in [-0.15, -0.1) is 0 Å². The van der Waals surface area contributed by atoms with Gasteiger partial charge in [-0.1, -0.05) is 0 Å². The second-order valence-electron chi connectivity index (χ2n) is 2.74. The van der Waals surface area contributed by atoms with Crippen LogP contribution in [0.5, 0.6) is 0 Å². The van der Waals surface area contributed by atoms with Gasteiger partial charge < -0.3 is 15.9 Å². The van der Waals surface area contributed by atoms with Crippen molar-refractivity contribution >= 4 is 11.6 Å². The first-order valence-corrected chi connectivity index (χ1v) is 4.19. The molecule has 0 spiro atoms. The molecule has 0 aliphatic carbocycles. The largest absolute Gasteiger partial charge is 0.383 e. The van der Waals surface area contributed by atoms with E-state index >= 15 is 0 Å². The van der Waals surface area contributed by atoms with Gasteiger partial charge in [0.05, 0.1) is 6.61 Å². The molecule has 1 rings (SSSR count). The first kappa shape index (κ1) is 10.5. The van der Waals surface area contributed by atoms with E-state index in [1.54, 1.807) is 24.3 Å². The predicted octanol–water partition coefficient (Wildman–Crippen LogP) is 0.0877. The second-order valence-corrected chi connectivity index (χ2v) is 2.74. The molecule has 14 heavy (non-hydrogen) atoms. The van der Waals surface area contributed by atoms with E-state index in [1.807, 2.05) is 0 Å². The molecule has 0 aromatic heterocycles. The van der Waals surface area contributed by atoms with Crippen molar-refractivity contribution in [1.29, 1.82) is 0 Å². The van der Waals surface area contributed by atoms with Crippen molar-refractivity contribution in [3.8, 4) is 0 Å². The smallest absolute Gasteiger partial charge is 0.248 e. The summed E-state index contributed by atoms with van der Waals surface area (Å²) in [5.74, 6) is 4.43. The molecule has 0 bridgehead atoms. The van der Waals surface area contributed by atoms with Gasteiger partial charge in [0.15, 0.2) is 0 Å². The number of primary amides is 1. The van der Waals surface area contributed by atoms with Crippen LogP contribution in [0.3, 0.4) is 0 Å². The zero-order valence-corrected chi connectivity index (χ0v) is 7.69. The predicted molar refractivity (Wildman–Crippen MR) is 53.6 cm³/mol. The maximum absolute atomic E-state index is 10.7. The number of nitrogens with two attached hydrogens (primary N) is 2. The Kier molecular flexibility index (Phi) is 3.90. The number of carbonyl (C=O) groups is 1. The Morgan fingerprint density at radius 2 is 2.00 bits per heavy atom. The lowest BCUT2D eigenvalue weighted by molar-refractivity contribution is 0.100. The minimum Gasteiger partial charge on any atom is -0.383 e. The fraction of sp³-hybridized carbons (Fsp3) is 0.222. The van der Waals surface area contributed by atoms with Gasteiger partial charge in [0.25, 0.3) is 0 Å². The first-order chi connectivity index (χ1) is 6.74. The topological polar surface area (TPSA) is 90.4 Å². The molecule has 0 radical (unpaired) electrons. The molecule has 1 aromatic rings. The Hall–Kier alpha value is -1.59. The zero-order chi connectivity index (χ0) is 10.4. The van der Waals surface area contributed by atoms with Crippen molar-refractivity contribution in [2.24, 2.45) is 11.6 Å². The average Bonchev–Trinajstić information content (AvgIpc) is 2.19. The van der Waals surface area contributed by atoms with E-state index in [-0.39, 0.29) is 0 Å². The zero-order valence-electron chi connectivity index (χ0n) is 7.69. The normalized spacial score (nSPS) is 9.79. The summed E-state index contributed by atoms with van der Waals surface area (Å²) < 4.78 is 0. The Bertz CT molecular complexity index is 297. The van der Waals surface area contributed by atoms with Crippen LogP contribution in [-0.2, 0) is 4.84 Å². The molecule has 0 saturated carbocycles. The lowest BCUT2D eigenvalue weighted by atomic mass is 10.2. The lowest BCUT2D eigenvalue weighted by Crippen LogP contribution is -2.13. The fourth-order valence-electron chi connectivity index (χ4n) is 1.01. The molecule has 5 N–H and O–H groups in total. The molecule has 0 heterocycles. The molecule has 5 heteroatoms. The van der Waals surface area contributed by atoms with Crippen LogP contribution in [0.1, 0.15) is 10.4 Å². The van der Waals surface area contributed by atoms with Crippen LogP contribution < -0.4 is 16.9 Å². The van der Waals surface area contributed by atoms with Crippen molar-refractivity contribution in [2.75, 3.05) is 18.5 Å². The highest BCUT2D eigenvalue weighted by Gasteiger charge is 1.98. The molecular formula is C9H13N3O2. The highest BCUT2D eigenvalue weighted by Crippen LogP contribution is 2.08. The standard InChI is InChI=1S/C9H13N3O2/c10-9(13)7-1-3-8(4-2-7)12-5-6-14-11/h1-4,12H,5-6,11H2,(H2,10,13). The second kappa shape index (κ2) is 5.21. The van der Waals surface area contributed by atoms with Crippen molar-refractivity contribution in [2.45, 2.75) is 0 Å². The fourth-order valence-corrected chi connectivity index (χ4v) is 1.01. The summed E-state index contributed by atoms with van der Waals surface area (Å²) in [6.07, 6.45) is 0. The minimum atomic E-state index is -0.429. The third-order valence-corrected chi connectivity index (χ3v) is 1.72. The van der Waals surface area contributed by atoms with E-state index in [0.29, 0.717) is 18.7 Å². The van der Waals surface area contributed by atoms with E-state index in [9.17, 15) is 4.79 Å². The van der Waals surface area contributed by atoms with Gasteiger partial charge in [-0.05, 0) is 24.3 Å². The van der Waals surface area contributed by atoms with Crippen LogP contribution in [-0.4, -0.2) is 19.1 Å². The van der Waals surface area contributed by atoms with Gasteiger partial charge in [-0.3, -0.25) is 4.79 Å². The summed E-state index contributed by atoms with van der Waals surface area (Å²) >= 11 is 0. The summed E-state index contributed by atoms with van der Waals surface area (Å²) in [4.78, 5) is 15.1. The lowest BCUT2D eigenvalue weighted by Gasteiger charge is -2.05. The summed E-state index contributed by atoms with van der Waals surface area (Å²) in [6, 6.07) is 6.87. The van der Waals surface area contributed by atoms with Crippen LogP contribution in [0.2, 0.25) is 0 Å². The molecule has 0 aliphatic rings. The van der Waals surface area contributed by atoms with Crippen molar-refractivity contribution < 1.29 is 9.63 Å². The number of carbonyl (C=O) groups excluding carboxylic acids is 1. The molecule has 1 amide bonds. The summed E-state index contributed by atoms with van der Waals surface area (Å²) in [7, 11) is 0. The maximum Gasteiger partial charge on any atom is 0.248 e. The molecule has 5 nitrogen and oxygen atoms in total. The van der Waals surface area contributed by atoms with E-state index in [2.05, 4.69) is 10.2 Å². The maximum atomic E-state index is 10.7. The number of hydrogen-bond donors (Lipinski definition) is 3. The van der Waals surface area contributed by atoms with E-state index < -0.39 is 5.91 Å². The van der Waals surface area contributed by atoms with Gasteiger partial charge in [0.2, 0.25) is 5.91 Å². The average molecular weight is 195 g/mol. The van der Waals surface area contributed by atoms with Crippen LogP contribution in [0.4, 0.5) is 5.69 Å². The molecule has 1 aromatic carbocycles. The molecule has 0 atom stereocenters. The Labute approximate surface area is 82.0 Å². The third kappa shape index (κ3) is 3.04. The van der Waals surface area contributed by atoms with Crippen LogP contribution in [0.25, 0.3) is 0 Å². The van der Waals surface area contributed by atoms with E-state index in [1.165, 1.54) is 0 Å². The Morgan fingerprint density at radius 1 is 1.36 bits per heavy atom. The molecule has 0 fully saturated rings. The van der Waals surface area contributed by atoms with Gasteiger partial charge in [0, 0.05) is 17.8 Å². The molecule has 0 aliphatic heterocycles. The number of rotatable bonds is 5. The highest BCUT2D eigenvalue weighted by molar-refractivity contribution is 5.93. The minimum absolute atomic E-state index is 0.428. The molecular weight excluding hydrogens is 182 g/mol. The molecule has 0 unspecified atom stereocenters. The van der Waals surface area contributed by atoms with Crippen LogP contribution >= 0.6 is 0 Å². The Balaban J connectivity index is 2.51. The van der Waals surface area contributed by atoms with Gasteiger partial charge >= 0.3 is 0 Å². The summed E-state index contributed by atoms with van der Waals surface area (Å²) in [5.41, 5.74) is 6.48. The summed E-state index contributed by atoms with van der Waals surface area (Å²) in [5, 5.41) is 3.05. The number of amides is 1. The van der Waals surface area contributed by atoms with Gasteiger partial charge in [-0.25, -0.2) is 5.90 Å². The van der Waals surface area contributed by atoms with Crippen LogP contribution in [0, 0.1) is 0 Å². The Morgan fingerprint density at radius 3 is 2.50 bits per heavy atom. The number of anilines is 1. The SMILES string of the molecule is NOCCNc1ccc(C(N)=O)cc1. The number of hydrogen-bond acceptors (Lipinski definition) is 4. The quantitative estimate of drug-likeness (QED) is 0.458. The number of benzene rings is 1. The first-order valence-electron chi connectivity index (χ1n) is 4.19. The van der Waals surface area contributed by atoms with E-state index in [0.717, 1.165) is 5.69 Å². The molecule has 76 valence electrons. The van der Waals surface area contributed by atoms with Gasteiger partial charge in [-0.2, -0.15) is 0 Å². The monoisotopic (exact) mass is 195 g/mol. The van der Waals surface area contributed by atoms with Crippen LogP contribution in [0.15, 0.2) is 24.3 Å². The molecule has 0 saturated heterocycles. The van der Waals surface area contributed by atoms with Gasteiger partial charge in [0.1, 0.15) is 0 Å². The summed E-state index contributed by atoms with van der Waals surface area (Å²) in [6.45, 7) is 1.05. The van der Waals surface area contributed by atoms with E-state index in [4.69, 9.17) is 11.6 Å². The highest BCUT2D eigenvalue weighted by atomic mass is 16.6. The van der Waals surface area contributed by atoms with Crippen molar-refractivity contribution in [3.63, 3.8) is 0 Å². The van der Waals surface area contributed by atoms with Crippen molar-refractivity contribution in [3.05, 3.63) is 29.8 Å². The third-order valence-electron chi connectivity index (χ3n) is 1.72. The number of nitrogens with one attached hydrogen (secondary N) is 1.